The van der Waals surface area contributed by atoms with Crippen LogP contribution in [0.4, 0.5) is 5.69 Å². The van der Waals surface area contributed by atoms with Gasteiger partial charge in [0.05, 0.1) is 13.2 Å². The van der Waals surface area contributed by atoms with Crippen LogP contribution in [0, 0.1) is 0 Å². The van der Waals surface area contributed by atoms with E-state index in [2.05, 4.69) is 34.6 Å². The molecule has 1 N–H and O–H groups in total. The van der Waals surface area contributed by atoms with E-state index < -0.39 is 0 Å². The SMILES string of the molecule is COCCONCc1ccc(N(C)C)cc1. The van der Waals surface area contributed by atoms with Crippen molar-refractivity contribution >= 4 is 5.69 Å². The first-order valence-corrected chi connectivity index (χ1v) is 5.34. The van der Waals surface area contributed by atoms with Gasteiger partial charge in [-0.2, -0.15) is 5.48 Å². The van der Waals surface area contributed by atoms with E-state index in [1.54, 1.807) is 7.11 Å². The van der Waals surface area contributed by atoms with E-state index in [-0.39, 0.29) is 0 Å². The molecule has 0 aliphatic carbocycles. The molecule has 0 fully saturated rings. The summed E-state index contributed by atoms with van der Waals surface area (Å²) in [5.41, 5.74) is 5.29. The number of anilines is 1. The number of methoxy groups -OCH3 is 1. The Morgan fingerprint density at radius 3 is 2.38 bits per heavy atom. The van der Waals surface area contributed by atoms with Crippen molar-refractivity contribution in [3.05, 3.63) is 29.8 Å². The maximum atomic E-state index is 5.17. The van der Waals surface area contributed by atoms with Crippen molar-refractivity contribution in [1.82, 2.24) is 5.48 Å². The van der Waals surface area contributed by atoms with Gasteiger partial charge in [-0.3, -0.25) is 4.84 Å². The highest BCUT2D eigenvalue weighted by Gasteiger charge is 1.96. The van der Waals surface area contributed by atoms with Crippen LogP contribution in [0.2, 0.25) is 0 Å². The Morgan fingerprint density at radius 2 is 1.81 bits per heavy atom. The fourth-order valence-electron chi connectivity index (χ4n) is 1.24. The molecule has 0 radical (unpaired) electrons. The maximum absolute atomic E-state index is 5.17. The van der Waals surface area contributed by atoms with Crippen LogP contribution in [0.15, 0.2) is 24.3 Å². The third kappa shape index (κ3) is 4.61. The molecule has 1 rings (SSSR count). The van der Waals surface area contributed by atoms with Gasteiger partial charge < -0.3 is 9.64 Å². The lowest BCUT2D eigenvalue weighted by Gasteiger charge is -2.12. The second kappa shape index (κ2) is 7.22. The predicted octanol–water partition coefficient (Wildman–Crippen LogP) is 1.42. The van der Waals surface area contributed by atoms with Gasteiger partial charge in [0.2, 0.25) is 0 Å². The van der Waals surface area contributed by atoms with E-state index in [0.717, 1.165) is 0 Å². The number of benzene rings is 1. The summed E-state index contributed by atoms with van der Waals surface area (Å²) in [6, 6.07) is 8.35. The fraction of sp³-hybridized carbons (Fsp3) is 0.500. The van der Waals surface area contributed by atoms with Gasteiger partial charge in [-0.05, 0) is 17.7 Å². The number of rotatable bonds is 7. The molecule has 0 saturated carbocycles. The van der Waals surface area contributed by atoms with Crippen molar-refractivity contribution < 1.29 is 9.57 Å². The standard InChI is InChI=1S/C12H20N2O2/c1-14(2)12-6-4-11(5-7-12)10-13-16-9-8-15-3/h4-7,13H,8-10H2,1-3H3. The summed E-state index contributed by atoms with van der Waals surface area (Å²) in [6.45, 7) is 1.87. The lowest BCUT2D eigenvalue weighted by Crippen LogP contribution is -2.17. The summed E-state index contributed by atoms with van der Waals surface area (Å²) in [7, 11) is 5.71. The molecule has 0 heterocycles. The lowest BCUT2D eigenvalue weighted by molar-refractivity contribution is 0.00347. The third-order valence-corrected chi connectivity index (χ3v) is 2.22. The van der Waals surface area contributed by atoms with Gasteiger partial charge in [-0.15, -0.1) is 0 Å². The number of hydrogen-bond acceptors (Lipinski definition) is 4. The van der Waals surface area contributed by atoms with Gasteiger partial charge in [-0.25, -0.2) is 0 Å². The van der Waals surface area contributed by atoms with Gasteiger partial charge in [0.15, 0.2) is 0 Å². The number of hydroxylamine groups is 1. The molecule has 0 spiro atoms. The first-order chi connectivity index (χ1) is 7.74. The molecule has 0 aliphatic heterocycles. The molecular formula is C12H20N2O2. The molecule has 0 bridgehead atoms. The highest BCUT2D eigenvalue weighted by molar-refractivity contribution is 5.45. The predicted molar refractivity (Wildman–Crippen MR) is 65.4 cm³/mol. The Balaban J connectivity index is 2.27. The molecule has 0 aliphatic rings. The zero-order valence-corrected chi connectivity index (χ0v) is 10.2. The number of hydrogen-bond donors (Lipinski definition) is 1. The quantitative estimate of drug-likeness (QED) is 0.561. The van der Waals surface area contributed by atoms with E-state index in [9.17, 15) is 0 Å². The molecule has 0 aromatic heterocycles. The minimum atomic E-state index is 0.562. The van der Waals surface area contributed by atoms with E-state index in [1.165, 1.54) is 11.3 Å². The summed E-state index contributed by atoms with van der Waals surface area (Å²) in [6.07, 6.45) is 0. The molecule has 16 heavy (non-hydrogen) atoms. The summed E-state index contributed by atoms with van der Waals surface area (Å²) in [4.78, 5) is 7.25. The first-order valence-electron chi connectivity index (χ1n) is 5.34. The van der Waals surface area contributed by atoms with Crippen LogP contribution in [-0.4, -0.2) is 34.4 Å². The Morgan fingerprint density at radius 1 is 1.12 bits per heavy atom. The molecule has 0 unspecified atom stereocenters. The molecule has 1 aromatic rings. The molecule has 0 saturated heterocycles. The number of nitrogens with zero attached hydrogens (tertiary/aromatic N) is 1. The molecule has 0 amide bonds. The Bertz CT molecular complexity index is 286. The van der Waals surface area contributed by atoms with E-state index in [0.29, 0.717) is 19.8 Å². The van der Waals surface area contributed by atoms with Crippen LogP contribution in [0.25, 0.3) is 0 Å². The topological polar surface area (TPSA) is 33.7 Å². The van der Waals surface area contributed by atoms with Crippen molar-refractivity contribution in [1.29, 1.82) is 0 Å². The normalized spacial score (nSPS) is 10.4. The van der Waals surface area contributed by atoms with E-state index in [4.69, 9.17) is 9.57 Å². The maximum Gasteiger partial charge on any atom is 0.0916 e. The van der Waals surface area contributed by atoms with Crippen molar-refractivity contribution in [2.45, 2.75) is 6.54 Å². The van der Waals surface area contributed by atoms with Crippen LogP contribution in [0.3, 0.4) is 0 Å². The summed E-state index contributed by atoms with van der Waals surface area (Å²) < 4.78 is 4.87. The molecule has 90 valence electrons. The molecule has 4 nitrogen and oxygen atoms in total. The summed E-state index contributed by atoms with van der Waals surface area (Å²) >= 11 is 0. The molecule has 0 atom stereocenters. The van der Waals surface area contributed by atoms with Crippen LogP contribution in [0.5, 0.6) is 0 Å². The summed E-state index contributed by atoms with van der Waals surface area (Å²) in [5, 5.41) is 0. The average Bonchev–Trinajstić information content (AvgIpc) is 2.29. The van der Waals surface area contributed by atoms with Crippen molar-refractivity contribution in [2.75, 3.05) is 39.3 Å². The van der Waals surface area contributed by atoms with Gasteiger partial charge in [0.25, 0.3) is 0 Å². The largest absolute Gasteiger partial charge is 0.382 e. The van der Waals surface area contributed by atoms with Crippen LogP contribution in [-0.2, 0) is 16.1 Å². The van der Waals surface area contributed by atoms with Gasteiger partial charge in [0, 0.05) is 33.4 Å². The second-order valence-electron chi connectivity index (χ2n) is 3.72. The average molecular weight is 224 g/mol. The fourth-order valence-corrected chi connectivity index (χ4v) is 1.24. The van der Waals surface area contributed by atoms with Crippen LogP contribution in [0.1, 0.15) is 5.56 Å². The minimum Gasteiger partial charge on any atom is -0.382 e. The number of ether oxygens (including phenoxy) is 1. The van der Waals surface area contributed by atoms with Gasteiger partial charge in [0.1, 0.15) is 0 Å². The number of nitrogens with one attached hydrogen (secondary N) is 1. The van der Waals surface area contributed by atoms with E-state index in [1.807, 2.05) is 14.1 Å². The smallest absolute Gasteiger partial charge is 0.0916 e. The molecule has 4 heteroatoms. The summed E-state index contributed by atoms with van der Waals surface area (Å²) in [5.74, 6) is 0. The zero-order chi connectivity index (χ0) is 11.8. The van der Waals surface area contributed by atoms with Crippen molar-refractivity contribution in [3.63, 3.8) is 0 Å². The van der Waals surface area contributed by atoms with Gasteiger partial charge in [-0.1, -0.05) is 12.1 Å². The third-order valence-electron chi connectivity index (χ3n) is 2.22. The Hall–Kier alpha value is -1.10. The molecular weight excluding hydrogens is 204 g/mol. The first kappa shape index (κ1) is 13.0. The van der Waals surface area contributed by atoms with Crippen molar-refractivity contribution in [2.24, 2.45) is 0 Å². The Labute approximate surface area is 97.1 Å². The highest BCUT2D eigenvalue weighted by Crippen LogP contribution is 2.11. The lowest BCUT2D eigenvalue weighted by atomic mass is 10.2. The van der Waals surface area contributed by atoms with Crippen LogP contribution < -0.4 is 10.4 Å². The Kier molecular flexibility index (Phi) is 5.85. The van der Waals surface area contributed by atoms with E-state index >= 15 is 0 Å². The van der Waals surface area contributed by atoms with Crippen LogP contribution >= 0.6 is 0 Å². The monoisotopic (exact) mass is 224 g/mol. The minimum absolute atomic E-state index is 0.562. The van der Waals surface area contributed by atoms with Gasteiger partial charge >= 0.3 is 0 Å². The molecule has 1 aromatic carbocycles. The highest BCUT2D eigenvalue weighted by atomic mass is 16.7. The zero-order valence-electron chi connectivity index (χ0n) is 10.2. The van der Waals surface area contributed by atoms with Crippen molar-refractivity contribution in [3.8, 4) is 0 Å². The second-order valence-corrected chi connectivity index (χ2v) is 3.72.